The first kappa shape index (κ1) is 14.0. The van der Waals surface area contributed by atoms with Crippen LogP contribution < -0.4 is 0 Å². The lowest BCUT2D eigenvalue weighted by Crippen LogP contribution is -2.22. The number of hydrogen-bond acceptors (Lipinski definition) is 3. The van der Waals surface area contributed by atoms with E-state index in [-0.39, 0.29) is 17.3 Å². The summed E-state index contributed by atoms with van der Waals surface area (Å²) in [7, 11) is -3.07. The van der Waals surface area contributed by atoms with Gasteiger partial charge in [-0.25, -0.2) is 12.8 Å². The maximum absolute atomic E-state index is 13.6. The molecule has 108 valence electrons. The van der Waals surface area contributed by atoms with E-state index in [4.69, 9.17) is 23.8 Å². The van der Waals surface area contributed by atoms with Crippen LogP contribution in [-0.4, -0.2) is 29.0 Å². The zero-order valence-electron chi connectivity index (χ0n) is 10.4. The van der Waals surface area contributed by atoms with Crippen LogP contribution in [0.1, 0.15) is 12.8 Å². The SMILES string of the molecule is O=S1(=O)CCCC1Cn1c(=S)[nH]c2cc(Cl)c(F)cc21. The fourth-order valence-electron chi connectivity index (χ4n) is 2.60. The van der Waals surface area contributed by atoms with Gasteiger partial charge < -0.3 is 9.55 Å². The van der Waals surface area contributed by atoms with Crippen molar-refractivity contribution >= 4 is 44.7 Å². The molecule has 3 rings (SSSR count). The van der Waals surface area contributed by atoms with Gasteiger partial charge in [-0.2, -0.15) is 0 Å². The predicted molar refractivity (Wildman–Crippen MR) is 78.9 cm³/mol. The summed E-state index contributed by atoms with van der Waals surface area (Å²) in [5, 5.41) is -0.443. The summed E-state index contributed by atoms with van der Waals surface area (Å²) in [4.78, 5) is 2.93. The minimum absolute atomic E-state index is 0.00869. The monoisotopic (exact) mass is 334 g/mol. The highest BCUT2D eigenvalue weighted by atomic mass is 35.5. The molecule has 1 aromatic carbocycles. The normalized spacial score (nSPS) is 21.6. The Labute approximate surface area is 125 Å². The summed E-state index contributed by atoms with van der Waals surface area (Å²) in [6, 6.07) is 2.74. The van der Waals surface area contributed by atoms with E-state index in [9.17, 15) is 12.8 Å². The molecule has 1 fully saturated rings. The smallest absolute Gasteiger partial charge is 0.178 e. The second-order valence-corrected chi connectivity index (χ2v) is 8.15. The van der Waals surface area contributed by atoms with Gasteiger partial charge in [-0.3, -0.25) is 0 Å². The lowest BCUT2D eigenvalue weighted by molar-refractivity contribution is 0.568. The van der Waals surface area contributed by atoms with E-state index in [1.807, 2.05) is 0 Å². The van der Waals surface area contributed by atoms with Crippen LogP contribution in [0.2, 0.25) is 5.02 Å². The number of sulfone groups is 1. The molecule has 8 heteroatoms. The van der Waals surface area contributed by atoms with Crippen LogP contribution in [0.4, 0.5) is 4.39 Å². The Bertz CT molecular complexity index is 841. The zero-order valence-corrected chi connectivity index (χ0v) is 12.8. The maximum atomic E-state index is 13.6. The molecule has 1 atom stereocenters. The van der Waals surface area contributed by atoms with Crippen molar-refractivity contribution in [1.29, 1.82) is 0 Å². The number of imidazole rings is 1. The quantitative estimate of drug-likeness (QED) is 0.859. The van der Waals surface area contributed by atoms with Crippen LogP contribution >= 0.6 is 23.8 Å². The van der Waals surface area contributed by atoms with Crippen molar-refractivity contribution in [1.82, 2.24) is 9.55 Å². The average Bonchev–Trinajstić information content (AvgIpc) is 2.83. The molecule has 20 heavy (non-hydrogen) atoms. The molecule has 1 N–H and O–H groups in total. The molecule has 2 aromatic rings. The van der Waals surface area contributed by atoms with E-state index in [2.05, 4.69) is 4.98 Å². The van der Waals surface area contributed by atoms with Crippen LogP contribution in [-0.2, 0) is 16.4 Å². The Balaban J connectivity index is 2.10. The Morgan fingerprint density at radius 2 is 2.25 bits per heavy atom. The fraction of sp³-hybridized carbons (Fsp3) is 0.417. The van der Waals surface area contributed by atoms with Crippen LogP contribution in [0.25, 0.3) is 11.0 Å². The van der Waals surface area contributed by atoms with Gasteiger partial charge in [0.25, 0.3) is 0 Å². The van der Waals surface area contributed by atoms with Gasteiger partial charge in [0.1, 0.15) is 5.82 Å². The molecule has 1 saturated heterocycles. The average molecular weight is 335 g/mol. The molecule has 0 amide bonds. The number of nitrogens with zero attached hydrogens (tertiary/aromatic N) is 1. The second kappa shape index (κ2) is 4.82. The first-order chi connectivity index (χ1) is 9.38. The number of hydrogen-bond donors (Lipinski definition) is 1. The topological polar surface area (TPSA) is 54.9 Å². The van der Waals surface area contributed by atoms with Crippen molar-refractivity contribution in [3.63, 3.8) is 0 Å². The number of rotatable bonds is 2. The van der Waals surface area contributed by atoms with Crippen molar-refractivity contribution in [2.75, 3.05) is 5.75 Å². The highest BCUT2D eigenvalue weighted by molar-refractivity contribution is 7.92. The third kappa shape index (κ3) is 2.27. The van der Waals surface area contributed by atoms with Crippen LogP contribution in [0.5, 0.6) is 0 Å². The summed E-state index contributed by atoms with van der Waals surface area (Å²) in [5.74, 6) is -0.329. The first-order valence-corrected chi connectivity index (χ1v) is 8.68. The molecular formula is C12H12ClFN2O2S2. The summed E-state index contributed by atoms with van der Waals surface area (Å²) in [5.41, 5.74) is 1.15. The number of fused-ring (bicyclic) bond motifs is 1. The zero-order chi connectivity index (χ0) is 14.5. The van der Waals surface area contributed by atoms with Crippen molar-refractivity contribution < 1.29 is 12.8 Å². The molecule has 2 heterocycles. The largest absolute Gasteiger partial charge is 0.331 e. The summed E-state index contributed by atoms with van der Waals surface area (Å²) in [6.45, 7) is 0.252. The maximum Gasteiger partial charge on any atom is 0.178 e. The lowest BCUT2D eigenvalue weighted by Gasteiger charge is -2.11. The molecule has 1 aromatic heterocycles. The highest BCUT2D eigenvalue weighted by Crippen LogP contribution is 2.26. The lowest BCUT2D eigenvalue weighted by atomic mass is 10.2. The number of halogens is 2. The van der Waals surface area contributed by atoms with Crippen molar-refractivity contribution in [3.05, 3.63) is 27.7 Å². The molecule has 0 radical (unpaired) electrons. The van der Waals surface area contributed by atoms with Gasteiger partial charge in [-0.1, -0.05) is 11.6 Å². The van der Waals surface area contributed by atoms with E-state index in [1.165, 1.54) is 12.1 Å². The predicted octanol–water partition coefficient (Wildman–Crippen LogP) is 3.07. The molecule has 0 saturated carbocycles. The Kier molecular flexibility index (Phi) is 3.38. The summed E-state index contributed by atoms with van der Waals surface area (Å²) >= 11 is 10.9. The molecule has 1 unspecified atom stereocenters. The summed E-state index contributed by atoms with van der Waals surface area (Å²) < 4.78 is 39.4. The van der Waals surface area contributed by atoms with Gasteiger partial charge in [0.05, 0.1) is 27.1 Å². The van der Waals surface area contributed by atoms with Crippen molar-refractivity contribution in [2.45, 2.75) is 24.6 Å². The Morgan fingerprint density at radius 3 is 2.90 bits per heavy atom. The molecule has 0 bridgehead atoms. The molecule has 1 aliphatic heterocycles. The number of aromatic nitrogens is 2. The van der Waals surface area contributed by atoms with Gasteiger partial charge in [-0.05, 0) is 31.1 Å². The third-order valence-electron chi connectivity index (χ3n) is 3.67. The number of benzene rings is 1. The fourth-order valence-corrected chi connectivity index (χ4v) is 4.85. The molecule has 1 aliphatic rings. The molecule has 0 aliphatic carbocycles. The van der Waals surface area contributed by atoms with Crippen molar-refractivity contribution in [2.24, 2.45) is 0 Å². The van der Waals surface area contributed by atoms with Gasteiger partial charge in [0, 0.05) is 12.6 Å². The van der Waals surface area contributed by atoms with Crippen LogP contribution in [0.3, 0.4) is 0 Å². The Hall–Kier alpha value is -0.920. The minimum Gasteiger partial charge on any atom is -0.331 e. The van der Waals surface area contributed by atoms with Gasteiger partial charge in [0.15, 0.2) is 14.6 Å². The van der Waals surface area contributed by atoms with E-state index in [0.717, 1.165) is 0 Å². The standard InChI is InChI=1S/C12H12ClFN2O2S2/c13-8-4-10-11(5-9(8)14)16(12(19)15-10)6-7-2-1-3-20(7,17)18/h4-5,7H,1-3,6H2,(H,15,19). The Morgan fingerprint density at radius 1 is 1.50 bits per heavy atom. The van der Waals surface area contributed by atoms with E-state index in [1.54, 1.807) is 4.57 Å². The molecular weight excluding hydrogens is 323 g/mol. The molecule has 4 nitrogen and oxygen atoms in total. The minimum atomic E-state index is -3.07. The second-order valence-electron chi connectivity index (χ2n) is 4.96. The van der Waals surface area contributed by atoms with E-state index in [0.29, 0.717) is 28.6 Å². The molecule has 0 spiro atoms. The van der Waals surface area contributed by atoms with Gasteiger partial charge in [-0.15, -0.1) is 0 Å². The van der Waals surface area contributed by atoms with E-state index >= 15 is 0 Å². The van der Waals surface area contributed by atoms with Gasteiger partial charge in [0.2, 0.25) is 0 Å². The van der Waals surface area contributed by atoms with Crippen LogP contribution in [0, 0.1) is 10.6 Å². The summed E-state index contributed by atoms with van der Waals surface area (Å²) in [6.07, 6.45) is 1.29. The highest BCUT2D eigenvalue weighted by Gasteiger charge is 2.32. The van der Waals surface area contributed by atoms with Crippen molar-refractivity contribution in [3.8, 4) is 0 Å². The number of nitrogens with one attached hydrogen (secondary N) is 1. The third-order valence-corrected chi connectivity index (χ3v) is 6.54. The number of aromatic amines is 1. The first-order valence-electron chi connectivity index (χ1n) is 6.17. The number of H-pyrrole nitrogens is 1. The van der Waals surface area contributed by atoms with Crippen LogP contribution in [0.15, 0.2) is 12.1 Å². The van der Waals surface area contributed by atoms with Gasteiger partial charge >= 0.3 is 0 Å². The van der Waals surface area contributed by atoms with E-state index < -0.39 is 20.9 Å².